The SMILES string of the molecule is Cc1nc(COc2ccc(C(=O)NC(CN3CCCC3=O)c3ccccc3)cc2)no1. The molecule has 1 atom stereocenters. The van der Waals surface area contributed by atoms with E-state index < -0.39 is 0 Å². The number of nitrogens with one attached hydrogen (secondary N) is 1. The Kier molecular flexibility index (Phi) is 6.26. The van der Waals surface area contributed by atoms with Gasteiger partial charge in [0, 0.05) is 32.0 Å². The van der Waals surface area contributed by atoms with Gasteiger partial charge in [0.2, 0.25) is 17.6 Å². The van der Waals surface area contributed by atoms with E-state index in [1.165, 1.54) is 0 Å². The second kappa shape index (κ2) is 9.42. The molecule has 3 aromatic rings. The number of benzene rings is 2. The monoisotopic (exact) mass is 420 g/mol. The molecule has 1 aliphatic rings. The Balaban J connectivity index is 1.40. The second-order valence-electron chi connectivity index (χ2n) is 7.42. The fourth-order valence-electron chi connectivity index (χ4n) is 3.53. The van der Waals surface area contributed by atoms with Crippen LogP contribution < -0.4 is 10.1 Å². The Bertz CT molecular complexity index is 1030. The number of ether oxygens (including phenoxy) is 1. The maximum Gasteiger partial charge on any atom is 0.251 e. The first-order valence-corrected chi connectivity index (χ1v) is 10.2. The van der Waals surface area contributed by atoms with E-state index in [1.54, 1.807) is 31.2 Å². The molecular formula is C23H24N4O4. The number of likely N-dealkylation sites (tertiary alicyclic amines) is 1. The van der Waals surface area contributed by atoms with E-state index in [2.05, 4.69) is 15.5 Å². The van der Waals surface area contributed by atoms with Crippen molar-refractivity contribution in [1.29, 1.82) is 0 Å². The number of carbonyl (C=O) groups excluding carboxylic acids is 2. The minimum Gasteiger partial charge on any atom is -0.485 e. The molecule has 2 amide bonds. The summed E-state index contributed by atoms with van der Waals surface area (Å²) in [5.41, 5.74) is 1.47. The summed E-state index contributed by atoms with van der Waals surface area (Å²) in [6.45, 7) is 3.08. The molecule has 0 radical (unpaired) electrons. The van der Waals surface area contributed by atoms with Gasteiger partial charge in [-0.25, -0.2) is 0 Å². The summed E-state index contributed by atoms with van der Waals surface area (Å²) >= 11 is 0. The van der Waals surface area contributed by atoms with Crippen molar-refractivity contribution in [2.45, 2.75) is 32.4 Å². The maximum absolute atomic E-state index is 12.9. The summed E-state index contributed by atoms with van der Waals surface area (Å²) in [5, 5.41) is 6.85. The molecule has 4 rings (SSSR count). The quantitative estimate of drug-likeness (QED) is 0.602. The lowest BCUT2D eigenvalue weighted by Gasteiger charge is -2.25. The number of carbonyl (C=O) groups is 2. The van der Waals surface area contributed by atoms with E-state index in [0.717, 1.165) is 18.5 Å². The number of aromatic nitrogens is 2. The first-order valence-electron chi connectivity index (χ1n) is 10.2. The topological polar surface area (TPSA) is 97.6 Å². The van der Waals surface area contributed by atoms with Gasteiger partial charge in [-0.1, -0.05) is 35.5 Å². The third-order valence-corrected chi connectivity index (χ3v) is 5.14. The molecule has 0 bridgehead atoms. The van der Waals surface area contributed by atoms with Gasteiger partial charge in [0.15, 0.2) is 6.61 Å². The molecule has 1 unspecified atom stereocenters. The number of hydrogen-bond donors (Lipinski definition) is 1. The van der Waals surface area contributed by atoms with Crippen LogP contribution in [0.15, 0.2) is 59.1 Å². The largest absolute Gasteiger partial charge is 0.485 e. The predicted octanol–water partition coefficient (Wildman–Crippen LogP) is 3.05. The van der Waals surface area contributed by atoms with Crippen LogP contribution in [-0.4, -0.2) is 39.9 Å². The zero-order valence-electron chi connectivity index (χ0n) is 17.3. The Morgan fingerprint density at radius 1 is 1.19 bits per heavy atom. The molecule has 1 aromatic heterocycles. The highest BCUT2D eigenvalue weighted by molar-refractivity contribution is 5.94. The lowest BCUT2D eigenvalue weighted by atomic mass is 10.1. The highest BCUT2D eigenvalue weighted by Crippen LogP contribution is 2.20. The summed E-state index contributed by atoms with van der Waals surface area (Å²) < 4.78 is 10.5. The molecule has 1 N–H and O–H groups in total. The van der Waals surface area contributed by atoms with Gasteiger partial charge in [-0.05, 0) is 36.2 Å². The highest BCUT2D eigenvalue weighted by Gasteiger charge is 2.25. The standard InChI is InChI=1S/C23H24N4O4/c1-16-24-21(26-31-16)15-30-19-11-9-18(10-12-19)23(29)25-20(17-6-3-2-4-7-17)14-27-13-5-8-22(27)28/h2-4,6-7,9-12,20H,5,8,13-15H2,1H3,(H,25,29). The van der Waals surface area contributed by atoms with E-state index in [4.69, 9.17) is 9.26 Å². The van der Waals surface area contributed by atoms with Crippen LogP contribution >= 0.6 is 0 Å². The molecule has 1 saturated heterocycles. The minimum atomic E-state index is -0.284. The third-order valence-electron chi connectivity index (χ3n) is 5.14. The molecular weight excluding hydrogens is 396 g/mol. The highest BCUT2D eigenvalue weighted by atomic mass is 16.5. The van der Waals surface area contributed by atoms with E-state index in [-0.39, 0.29) is 24.5 Å². The van der Waals surface area contributed by atoms with Gasteiger partial charge in [0.25, 0.3) is 5.91 Å². The molecule has 2 aromatic carbocycles. The van der Waals surface area contributed by atoms with E-state index in [1.807, 2.05) is 35.2 Å². The van der Waals surface area contributed by atoms with Gasteiger partial charge in [0.05, 0.1) is 6.04 Å². The Labute approximate surface area is 180 Å². The van der Waals surface area contributed by atoms with Gasteiger partial charge in [-0.15, -0.1) is 0 Å². The van der Waals surface area contributed by atoms with Crippen LogP contribution in [-0.2, 0) is 11.4 Å². The summed E-state index contributed by atoms with van der Waals surface area (Å²) in [6.07, 6.45) is 1.43. The van der Waals surface area contributed by atoms with Crippen molar-refractivity contribution in [2.24, 2.45) is 0 Å². The summed E-state index contributed by atoms with van der Waals surface area (Å²) in [7, 11) is 0. The summed E-state index contributed by atoms with van der Waals surface area (Å²) in [4.78, 5) is 30.9. The molecule has 2 heterocycles. The molecule has 31 heavy (non-hydrogen) atoms. The van der Waals surface area contributed by atoms with Crippen LogP contribution in [0.5, 0.6) is 5.75 Å². The fraction of sp³-hybridized carbons (Fsp3) is 0.304. The first-order chi connectivity index (χ1) is 15.1. The number of rotatable bonds is 8. The molecule has 1 fully saturated rings. The lowest BCUT2D eigenvalue weighted by molar-refractivity contribution is -0.128. The van der Waals surface area contributed by atoms with Crippen LogP contribution in [0.4, 0.5) is 0 Å². The number of aryl methyl sites for hydroxylation is 1. The van der Waals surface area contributed by atoms with Crippen LogP contribution in [0.2, 0.25) is 0 Å². The molecule has 8 nitrogen and oxygen atoms in total. The van der Waals surface area contributed by atoms with Crippen LogP contribution in [0.25, 0.3) is 0 Å². The van der Waals surface area contributed by atoms with Gasteiger partial charge in [0.1, 0.15) is 5.75 Å². The average Bonchev–Trinajstić information content (AvgIpc) is 3.40. The maximum atomic E-state index is 12.9. The smallest absolute Gasteiger partial charge is 0.251 e. The van der Waals surface area contributed by atoms with Gasteiger partial charge >= 0.3 is 0 Å². The minimum absolute atomic E-state index is 0.133. The lowest BCUT2D eigenvalue weighted by Crippen LogP contribution is -2.38. The zero-order chi connectivity index (χ0) is 21.6. The van der Waals surface area contributed by atoms with Crippen molar-refractivity contribution < 1.29 is 18.8 Å². The average molecular weight is 420 g/mol. The Morgan fingerprint density at radius 3 is 2.61 bits per heavy atom. The van der Waals surface area contributed by atoms with Crippen LogP contribution in [0.1, 0.15) is 46.5 Å². The molecule has 1 aliphatic heterocycles. The van der Waals surface area contributed by atoms with Crippen molar-refractivity contribution in [3.05, 3.63) is 77.4 Å². The van der Waals surface area contributed by atoms with Crippen molar-refractivity contribution in [1.82, 2.24) is 20.4 Å². The van der Waals surface area contributed by atoms with Gasteiger partial charge < -0.3 is 19.5 Å². The van der Waals surface area contributed by atoms with Crippen LogP contribution in [0, 0.1) is 6.92 Å². The van der Waals surface area contributed by atoms with Crippen molar-refractivity contribution in [3.63, 3.8) is 0 Å². The number of nitrogens with zero attached hydrogens (tertiary/aromatic N) is 3. The van der Waals surface area contributed by atoms with Gasteiger partial charge in [-0.3, -0.25) is 9.59 Å². The normalized spacial score (nSPS) is 14.5. The summed E-state index contributed by atoms with van der Waals surface area (Å²) in [6, 6.07) is 16.3. The van der Waals surface area contributed by atoms with E-state index in [9.17, 15) is 9.59 Å². The number of hydrogen-bond acceptors (Lipinski definition) is 6. The fourth-order valence-corrected chi connectivity index (χ4v) is 3.53. The van der Waals surface area contributed by atoms with Gasteiger partial charge in [-0.2, -0.15) is 4.98 Å². The predicted molar refractivity (Wildman–Crippen MR) is 112 cm³/mol. The molecule has 0 spiro atoms. The Morgan fingerprint density at radius 2 is 1.97 bits per heavy atom. The second-order valence-corrected chi connectivity index (χ2v) is 7.42. The molecule has 160 valence electrons. The molecule has 0 saturated carbocycles. The zero-order valence-corrected chi connectivity index (χ0v) is 17.3. The number of amides is 2. The first kappa shape index (κ1) is 20.6. The van der Waals surface area contributed by atoms with Crippen LogP contribution in [0.3, 0.4) is 0 Å². The molecule has 0 aliphatic carbocycles. The van der Waals surface area contributed by atoms with Crippen molar-refractivity contribution in [2.75, 3.05) is 13.1 Å². The summed E-state index contributed by atoms with van der Waals surface area (Å²) in [5.74, 6) is 1.46. The molecule has 8 heteroatoms. The Hall–Kier alpha value is -3.68. The van der Waals surface area contributed by atoms with E-state index >= 15 is 0 Å². The van der Waals surface area contributed by atoms with E-state index in [0.29, 0.717) is 36.0 Å². The third kappa shape index (κ3) is 5.28. The van der Waals surface area contributed by atoms with Crippen molar-refractivity contribution in [3.8, 4) is 5.75 Å². The van der Waals surface area contributed by atoms with Crippen molar-refractivity contribution >= 4 is 11.8 Å².